The summed E-state index contributed by atoms with van der Waals surface area (Å²) >= 11 is 0. The highest BCUT2D eigenvalue weighted by Crippen LogP contribution is 2.20. The van der Waals surface area contributed by atoms with Crippen molar-refractivity contribution in [3.63, 3.8) is 0 Å². The Morgan fingerprint density at radius 1 is 1.42 bits per heavy atom. The Labute approximate surface area is 115 Å². The summed E-state index contributed by atoms with van der Waals surface area (Å²) in [4.78, 5) is 2.45. The number of morpholine rings is 1. The van der Waals surface area contributed by atoms with Gasteiger partial charge in [-0.2, -0.15) is 0 Å². The van der Waals surface area contributed by atoms with Crippen molar-refractivity contribution in [1.29, 1.82) is 0 Å². The molecule has 1 aliphatic rings. The number of para-hydroxylation sites is 2. The van der Waals surface area contributed by atoms with Crippen LogP contribution in [0, 0.1) is 0 Å². The van der Waals surface area contributed by atoms with E-state index >= 15 is 0 Å². The van der Waals surface area contributed by atoms with Crippen molar-refractivity contribution in [2.75, 3.05) is 32.0 Å². The van der Waals surface area contributed by atoms with E-state index in [0.717, 1.165) is 31.9 Å². The standard InChI is InChI=1S/C15H24N2O2/c1-3-13-11-19-12(2)10-17(13)8-9-18-15-7-5-4-6-14(15)16/h4-7,12-13H,3,8-11,16H2,1-2H3. The lowest BCUT2D eigenvalue weighted by Gasteiger charge is -2.38. The summed E-state index contributed by atoms with van der Waals surface area (Å²) in [5, 5.41) is 0. The molecule has 0 aromatic heterocycles. The summed E-state index contributed by atoms with van der Waals surface area (Å²) < 4.78 is 11.5. The van der Waals surface area contributed by atoms with Gasteiger partial charge in [-0.15, -0.1) is 0 Å². The van der Waals surface area contributed by atoms with Gasteiger partial charge in [0.25, 0.3) is 0 Å². The molecule has 1 heterocycles. The molecule has 19 heavy (non-hydrogen) atoms. The minimum Gasteiger partial charge on any atom is -0.490 e. The van der Waals surface area contributed by atoms with Crippen LogP contribution in [0.25, 0.3) is 0 Å². The van der Waals surface area contributed by atoms with Gasteiger partial charge in [0, 0.05) is 19.1 Å². The second-order valence-electron chi connectivity index (χ2n) is 5.09. The summed E-state index contributed by atoms with van der Waals surface area (Å²) in [5.74, 6) is 0.775. The average Bonchev–Trinajstić information content (AvgIpc) is 2.41. The third-order valence-electron chi connectivity index (χ3n) is 3.61. The van der Waals surface area contributed by atoms with Crippen molar-refractivity contribution < 1.29 is 9.47 Å². The van der Waals surface area contributed by atoms with Gasteiger partial charge >= 0.3 is 0 Å². The molecule has 2 atom stereocenters. The summed E-state index contributed by atoms with van der Waals surface area (Å²) in [6.45, 7) is 7.71. The number of anilines is 1. The predicted octanol–water partition coefficient (Wildman–Crippen LogP) is 2.15. The molecule has 0 amide bonds. The average molecular weight is 264 g/mol. The molecule has 1 aliphatic heterocycles. The molecule has 2 unspecified atom stereocenters. The van der Waals surface area contributed by atoms with Gasteiger partial charge in [-0.05, 0) is 25.5 Å². The van der Waals surface area contributed by atoms with Crippen molar-refractivity contribution in [2.45, 2.75) is 32.4 Å². The minimum absolute atomic E-state index is 0.310. The van der Waals surface area contributed by atoms with Crippen LogP contribution in [-0.4, -0.2) is 43.3 Å². The zero-order chi connectivity index (χ0) is 13.7. The van der Waals surface area contributed by atoms with E-state index in [2.05, 4.69) is 18.7 Å². The summed E-state index contributed by atoms with van der Waals surface area (Å²) in [6.07, 6.45) is 1.42. The van der Waals surface area contributed by atoms with Crippen LogP contribution >= 0.6 is 0 Å². The lowest BCUT2D eigenvalue weighted by Crippen LogP contribution is -2.49. The largest absolute Gasteiger partial charge is 0.490 e. The number of nitrogens with zero attached hydrogens (tertiary/aromatic N) is 1. The number of hydrogen-bond acceptors (Lipinski definition) is 4. The molecule has 4 heteroatoms. The molecule has 0 bridgehead atoms. The molecular weight excluding hydrogens is 240 g/mol. The lowest BCUT2D eigenvalue weighted by molar-refractivity contribution is -0.0586. The zero-order valence-corrected chi connectivity index (χ0v) is 11.8. The van der Waals surface area contributed by atoms with E-state index in [1.807, 2.05) is 24.3 Å². The van der Waals surface area contributed by atoms with E-state index in [0.29, 0.717) is 24.4 Å². The Kier molecular flexibility index (Phi) is 5.05. The van der Waals surface area contributed by atoms with Crippen LogP contribution in [0.15, 0.2) is 24.3 Å². The molecule has 0 radical (unpaired) electrons. The van der Waals surface area contributed by atoms with Crippen molar-refractivity contribution in [3.05, 3.63) is 24.3 Å². The molecule has 106 valence electrons. The fourth-order valence-electron chi connectivity index (χ4n) is 2.45. The van der Waals surface area contributed by atoms with Gasteiger partial charge in [-0.3, -0.25) is 4.90 Å². The van der Waals surface area contributed by atoms with Crippen LogP contribution < -0.4 is 10.5 Å². The molecule has 1 aromatic carbocycles. The molecule has 0 spiro atoms. The van der Waals surface area contributed by atoms with E-state index in [4.69, 9.17) is 15.2 Å². The van der Waals surface area contributed by atoms with Gasteiger partial charge in [-0.1, -0.05) is 19.1 Å². The number of ether oxygens (including phenoxy) is 2. The maximum absolute atomic E-state index is 5.86. The molecule has 2 rings (SSSR count). The highest BCUT2D eigenvalue weighted by Gasteiger charge is 2.25. The predicted molar refractivity (Wildman–Crippen MR) is 77.4 cm³/mol. The van der Waals surface area contributed by atoms with Crippen LogP contribution in [0.2, 0.25) is 0 Å². The van der Waals surface area contributed by atoms with Crippen LogP contribution in [0.5, 0.6) is 5.75 Å². The Bertz CT molecular complexity index is 397. The molecule has 0 saturated carbocycles. The molecule has 1 fully saturated rings. The molecule has 4 nitrogen and oxygen atoms in total. The maximum atomic E-state index is 5.86. The monoisotopic (exact) mass is 264 g/mol. The molecular formula is C15H24N2O2. The quantitative estimate of drug-likeness (QED) is 0.828. The van der Waals surface area contributed by atoms with Crippen LogP contribution in [0.3, 0.4) is 0 Å². The fourth-order valence-corrected chi connectivity index (χ4v) is 2.45. The maximum Gasteiger partial charge on any atom is 0.142 e. The van der Waals surface area contributed by atoms with E-state index in [1.54, 1.807) is 0 Å². The number of hydrogen-bond donors (Lipinski definition) is 1. The zero-order valence-electron chi connectivity index (χ0n) is 11.8. The fraction of sp³-hybridized carbons (Fsp3) is 0.600. The first-order chi connectivity index (χ1) is 9.20. The first-order valence-electron chi connectivity index (χ1n) is 7.03. The van der Waals surface area contributed by atoms with E-state index in [1.165, 1.54) is 0 Å². The third-order valence-corrected chi connectivity index (χ3v) is 3.61. The summed E-state index contributed by atoms with van der Waals surface area (Å²) in [7, 11) is 0. The second kappa shape index (κ2) is 6.78. The smallest absolute Gasteiger partial charge is 0.142 e. The van der Waals surface area contributed by atoms with E-state index < -0.39 is 0 Å². The number of nitrogens with two attached hydrogens (primary N) is 1. The molecule has 2 N–H and O–H groups in total. The normalized spacial score (nSPS) is 24.3. The first-order valence-corrected chi connectivity index (χ1v) is 7.03. The molecule has 1 saturated heterocycles. The Morgan fingerprint density at radius 3 is 2.95 bits per heavy atom. The Hall–Kier alpha value is -1.26. The minimum atomic E-state index is 0.310. The van der Waals surface area contributed by atoms with Crippen LogP contribution in [-0.2, 0) is 4.74 Å². The molecule has 0 aliphatic carbocycles. The van der Waals surface area contributed by atoms with E-state index in [-0.39, 0.29) is 0 Å². The van der Waals surface area contributed by atoms with Crippen LogP contribution in [0.4, 0.5) is 5.69 Å². The topological polar surface area (TPSA) is 47.7 Å². The van der Waals surface area contributed by atoms with Gasteiger partial charge in [0.1, 0.15) is 12.4 Å². The van der Waals surface area contributed by atoms with Crippen LogP contribution in [0.1, 0.15) is 20.3 Å². The first kappa shape index (κ1) is 14.2. The summed E-state index contributed by atoms with van der Waals surface area (Å²) in [6, 6.07) is 8.14. The molecule has 1 aromatic rings. The summed E-state index contributed by atoms with van der Waals surface area (Å²) in [5.41, 5.74) is 6.56. The second-order valence-corrected chi connectivity index (χ2v) is 5.09. The number of rotatable bonds is 5. The lowest BCUT2D eigenvalue weighted by atomic mass is 10.1. The number of nitrogen functional groups attached to an aromatic ring is 1. The van der Waals surface area contributed by atoms with Gasteiger partial charge < -0.3 is 15.2 Å². The van der Waals surface area contributed by atoms with Crippen molar-refractivity contribution in [1.82, 2.24) is 4.90 Å². The third kappa shape index (κ3) is 3.85. The van der Waals surface area contributed by atoms with Gasteiger partial charge in [0.05, 0.1) is 18.4 Å². The van der Waals surface area contributed by atoms with Crippen molar-refractivity contribution in [2.24, 2.45) is 0 Å². The number of benzene rings is 1. The highest BCUT2D eigenvalue weighted by atomic mass is 16.5. The SMILES string of the molecule is CCC1COC(C)CN1CCOc1ccccc1N. The van der Waals surface area contributed by atoms with Crippen molar-refractivity contribution in [3.8, 4) is 5.75 Å². The highest BCUT2D eigenvalue weighted by molar-refractivity contribution is 5.51. The van der Waals surface area contributed by atoms with Gasteiger partial charge in [0.2, 0.25) is 0 Å². The van der Waals surface area contributed by atoms with Crippen molar-refractivity contribution >= 4 is 5.69 Å². The van der Waals surface area contributed by atoms with Gasteiger partial charge in [-0.25, -0.2) is 0 Å². The van der Waals surface area contributed by atoms with Gasteiger partial charge in [0.15, 0.2) is 0 Å². The van der Waals surface area contributed by atoms with E-state index in [9.17, 15) is 0 Å². The Morgan fingerprint density at radius 2 is 2.21 bits per heavy atom. The Balaban J connectivity index is 1.82.